The zero-order chi connectivity index (χ0) is 35.3. The van der Waals surface area contributed by atoms with Gasteiger partial charge in [-0.2, -0.15) is 0 Å². The first kappa shape index (κ1) is 38.4. The minimum atomic E-state index is -0.438. The van der Waals surface area contributed by atoms with Gasteiger partial charge in [0, 0.05) is 53.4 Å². The molecule has 3 rings (SSSR count). The van der Waals surface area contributed by atoms with Crippen LogP contribution in [0.15, 0.2) is 11.1 Å². The number of hydrogen-bond donors (Lipinski definition) is 0. The smallest absolute Gasteiger partial charge is 0.334 e. The van der Waals surface area contributed by atoms with Crippen molar-refractivity contribution in [2.45, 2.75) is 26.7 Å². The lowest BCUT2D eigenvalue weighted by Gasteiger charge is -2.20. The van der Waals surface area contributed by atoms with Gasteiger partial charge >= 0.3 is 11.9 Å². The Morgan fingerprint density at radius 3 is 1.45 bits per heavy atom. The van der Waals surface area contributed by atoms with Crippen LogP contribution in [0.5, 0.6) is 46.0 Å². The van der Waals surface area contributed by atoms with Crippen LogP contribution < -0.4 is 37.9 Å². The molecule has 0 amide bonds. The molecule has 0 N–H and O–H groups in total. The first-order valence-corrected chi connectivity index (χ1v) is 14.5. The van der Waals surface area contributed by atoms with E-state index in [9.17, 15) is 9.59 Å². The van der Waals surface area contributed by atoms with E-state index in [4.69, 9.17) is 52.1 Å². The summed E-state index contributed by atoms with van der Waals surface area (Å²) in [6.07, 6.45) is 4.41. The largest absolute Gasteiger partial charge is 0.492 e. The van der Waals surface area contributed by atoms with E-state index in [0.717, 1.165) is 11.1 Å². The lowest BCUT2D eigenvalue weighted by Crippen LogP contribution is -2.08. The van der Waals surface area contributed by atoms with Crippen molar-refractivity contribution in [2.24, 2.45) is 0 Å². The Balaban J connectivity index is 0.000000329. The number of ether oxygens (including phenoxy) is 11. The molecule has 47 heavy (non-hydrogen) atoms. The monoisotopic (exact) mass is 662 g/mol. The lowest BCUT2D eigenvalue weighted by atomic mass is 10.0. The zero-order valence-corrected chi connectivity index (χ0v) is 29.3. The van der Waals surface area contributed by atoms with Crippen molar-refractivity contribution in [1.29, 1.82) is 0 Å². The van der Waals surface area contributed by atoms with Gasteiger partial charge in [-0.25, -0.2) is 9.59 Å². The van der Waals surface area contributed by atoms with Crippen LogP contribution in [0.25, 0.3) is 12.2 Å². The van der Waals surface area contributed by atoms with Crippen molar-refractivity contribution in [1.82, 2.24) is 0 Å². The van der Waals surface area contributed by atoms with Crippen LogP contribution in [-0.4, -0.2) is 96.3 Å². The molecule has 0 bridgehead atoms. The zero-order valence-electron chi connectivity index (χ0n) is 29.3. The van der Waals surface area contributed by atoms with Crippen LogP contribution in [0.3, 0.4) is 0 Å². The minimum Gasteiger partial charge on any atom is -0.492 e. The second-order valence-corrected chi connectivity index (χ2v) is 9.80. The van der Waals surface area contributed by atoms with E-state index in [2.05, 4.69) is 0 Å². The third-order valence-corrected chi connectivity index (χ3v) is 7.38. The molecule has 0 aromatic heterocycles. The number of benzene rings is 2. The first-order chi connectivity index (χ1) is 22.6. The van der Waals surface area contributed by atoms with Crippen molar-refractivity contribution >= 4 is 24.1 Å². The van der Waals surface area contributed by atoms with Gasteiger partial charge in [-0.3, -0.25) is 0 Å². The van der Waals surface area contributed by atoms with E-state index >= 15 is 0 Å². The van der Waals surface area contributed by atoms with E-state index in [-0.39, 0.29) is 5.97 Å². The van der Waals surface area contributed by atoms with Crippen LogP contribution in [0.4, 0.5) is 0 Å². The van der Waals surface area contributed by atoms with E-state index in [0.29, 0.717) is 94.3 Å². The van der Waals surface area contributed by atoms with Crippen LogP contribution in [-0.2, 0) is 23.8 Å². The molecule has 1 saturated heterocycles. The van der Waals surface area contributed by atoms with Crippen LogP contribution in [0.1, 0.15) is 35.1 Å². The molecule has 1 heterocycles. The summed E-state index contributed by atoms with van der Waals surface area (Å²) in [4.78, 5) is 23.8. The average molecular weight is 663 g/mol. The highest BCUT2D eigenvalue weighted by Gasteiger charge is 2.28. The van der Waals surface area contributed by atoms with Gasteiger partial charge in [-0.05, 0) is 26.0 Å². The van der Waals surface area contributed by atoms with E-state index in [1.165, 1.54) is 56.9 Å². The van der Waals surface area contributed by atoms with Crippen LogP contribution in [0.2, 0.25) is 0 Å². The van der Waals surface area contributed by atoms with E-state index < -0.39 is 5.97 Å². The van der Waals surface area contributed by atoms with Crippen molar-refractivity contribution in [2.75, 3.05) is 84.3 Å². The summed E-state index contributed by atoms with van der Waals surface area (Å²) in [5, 5.41) is 0. The Morgan fingerprint density at radius 2 is 1.06 bits per heavy atom. The molecule has 260 valence electrons. The Bertz CT molecular complexity index is 1470. The van der Waals surface area contributed by atoms with Crippen LogP contribution >= 0.6 is 0 Å². The van der Waals surface area contributed by atoms with Gasteiger partial charge in [-0.15, -0.1) is 0 Å². The summed E-state index contributed by atoms with van der Waals surface area (Å²) in [6, 6.07) is 0. The summed E-state index contributed by atoms with van der Waals surface area (Å²) in [5.41, 5.74) is 3.94. The number of carbonyl (C=O) groups excluding carboxylic acids is 2. The second kappa shape index (κ2) is 18.4. The SMILES string of the molecule is COCC/C(=C\c1c(C)c(OC)c(OC)c(OC)c1OC)C(=O)OC.COc1c(C)c(/C=C2\CCOC2=O)c(OC)c(OC)c1OC. The number of cyclic esters (lactones) is 1. The maximum Gasteiger partial charge on any atom is 0.334 e. The molecule has 0 saturated carbocycles. The van der Waals surface area contributed by atoms with Gasteiger partial charge in [0.15, 0.2) is 23.0 Å². The molecule has 1 fully saturated rings. The molecule has 2 aromatic carbocycles. The Morgan fingerprint density at radius 1 is 0.638 bits per heavy atom. The van der Waals surface area contributed by atoms with Gasteiger partial charge in [-0.1, -0.05) is 0 Å². The predicted molar refractivity (Wildman–Crippen MR) is 175 cm³/mol. The molecule has 0 unspecified atom stereocenters. The number of carbonyl (C=O) groups is 2. The van der Waals surface area contributed by atoms with Crippen molar-refractivity contribution < 1.29 is 61.7 Å². The highest BCUT2D eigenvalue weighted by atomic mass is 16.6. The average Bonchev–Trinajstić information content (AvgIpc) is 3.50. The van der Waals surface area contributed by atoms with Crippen LogP contribution in [0, 0.1) is 13.8 Å². The maximum atomic E-state index is 12.1. The van der Waals surface area contributed by atoms with Gasteiger partial charge in [0.1, 0.15) is 0 Å². The van der Waals surface area contributed by atoms with Crippen molar-refractivity contribution in [3.63, 3.8) is 0 Å². The standard InChI is InChI=1S/C18H26O7.C16H20O6/c1-11-13(10-12(8-9-20-2)18(19)25-7)15(22-4)17(24-6)16(23-5)14(11)21-3;1-9-11(8-10-6-7-22-16(10)17)13(19-3)15(21-5)14(20-4)12(9)18-2/h10H,8-9H2,1-7H3;8H,6-7H2,1-5H3/b12-10+;10-8+. The molecular weight excluding hydrogens is 616 g/mol. The van der Waals surface area contributed by atoms with Gasteiger partial charge in [0.2, 0.25) is 23.0 Å². The minimum absolute atomic E-state index is 0.310. The molecular formula is C34H46O13. The fourth-order valence-electron chi connectivity index (χ4n) is 5.07. The first-order valence-electron chi connectivity index (χ1n) is 14.5. The molecule has 0 spiro atoms. The fraction of sp³-hybridized carbons (Fsp3) is 0.471. The molecule has 1 aliphatic heterocycles. The number of esters is 2. The molecule has 1 aliphatic rings. The number of rotatable bonds is 14. The molecule has 0 atom stereocenters. The quantitative estimate of drug-likeness (QED) is 0.199. The normalized spacial score (nSPS) is 13.2. The third-order valence-electron chi connectivity index (χ3n) is 7.38. The summed E-state index contributed by atoms with van der Waals surface area (Å²) in [7, 11) is 15.1. The highest BCUT2D eigenvalue weighted by Crippen LogP contribution is 2.51. The molecule has 2 aromatic rings. The molecule has 0 radical (unpaired) electrons. The van der Waals surface area contributed by atoms with Gasteiger partial charge in [0.05, 0.1) is 77.2 Å². The molecule has 13 heteroatoms. The number of methoxy groups -OCH3 is 10. The molecule has 0 aliphatic carbocycles. The van der Waals surface area contributed by atoms with E-state index in [1.54, 1.807) is 26.4 Å². The summed E-state index contributed by atoms with van der Waals surface area (Å²) >= 11 is 0. The summed E-state index contributed by atoms with van der Waals surface area (Å²) < 4.78 is 58.5. The Kier molecular flexibility index (Phi) is 15.0. The highest BCUT2D eigenvalue weighted by molar-refractivity contribution is 5.97. The molecule has 13 nitrogen and oxygen atoms in total. The van der Waals surface area contributed by atoms with Crippen molar-refractivity contribution in [3.05, 3.63) is 33.4 Å². The maximum absolute atomic E-state index is 12.1. The van der Waals surface area contributed by atoms with Crippen molar-refractivity contribution in [3.8, 4) is 46.0 Å². The topological polar surface area (TPSA) is 136 Å². The lowest BCUT2D eigenvalue weighted by molar-refractivity contribution is -0.136. The fourth-order valence-corrected chi connectivity index (χ4v) is 5.07. The third kappa shape index (κ3) is 8.33. The predicted octanol–water partition coefficient (Wildman–Crippen LogP) is 4.98. The Labute approximate surface area is 276 Å². The summed E-state index contributed by atoms with van der Waals surface area (Å²) in [6.45, 7) is 4.50. The van der Waals surface area contributed by atoms with Gasteiger partial charge in [0.25, 0.3) is 0 Å². The summed E-state index contributed by atoms with van der Waals surface area (Å²) in [5.74, 6) is 2.91. The number of hydrogen-bond acceptors (Lipinski definition) is 13. The second-order valence-electron chi connectivity index (χ2n) is 9.80. The van der Waals surface area contributed by atoms with E-state index in [1.807, 2.05) is 13.8 Å². The van der Waals surface area contributed by atoms with Gasteiger partial charge < -0.3 is 52.1 Å². The Hall–Kier alpha value is -4.78.